The molecule has 0 saturated heterocycles. The summed E-state index contributed by atoms with van der Waals surface area (Å²) in [4.78, 5) is 4.14. The molecule has 0 saturated carbocycles. The first-order chi connectivity index (χ1) is 7.30. The lowest BCUT2D eigenvalue weighted by Crippen LogP contribution is -2.12. The third-order valence-corrected chi connectivity index (χ3v) is 2.22. The Morgan fingerprint density at radius 3 is 2.79 bits per heavy atom. The second-order valence-electron chi connectivity index (χ2n) is 4.48. The van der Waals surface area contributed by atoms with Gasteiger partial charge in [-0.15, -0.1) is 0 Å². The molecule has 0 radical (unpaired) electrons. The van der Waals surface area contributed by atoms with E-state index in [2.05, 4.69) is 30.9 Å². The standard InChI is InChI=1S/C11H15N3/c1-8-9(11(2,3)4)10-12-6-5-7-14(10)13-8/h5-7H,1-4H3/i5D,6D. The molecule has 0 atom stereocenters. The summed E-state index contributed by atoms with van der Waals surface area (Å²) in [5, 5.41) is 4.33. The van der Waals surface area contributed by atoms with Crippen LogP contribution in [-0.4, -0.2) is 14.6 Å². The fourth-order valence-corrected chi connectivity index (χ4v) is 1.79. The minimum Gasteiger partial charge on any atom is -0.237 e. The van der Waals surface area contributed by atoms with E-state index in [4.69, 9.17) is 2.74 Å². The molecule has 0 spiro atoms. The van der Waals surface area contributed by atoms with Gasteiger partial charge in [0.25, 0.3) is 0 Å². The zero-order valence-corrected chi connectivity index (χ0v) is 8.92. The summed E-state index contributed by atoms with van der Waals surface area (Å²) < 4.78 is 16.7. The van der Waals surface area contributed by atoms with Gasteiger partial charge in [-0.3, -0.25) is 0 Å². The van der Waals surface area contributed by atoms with Crippen LogP contribution in [0.15, 0.2) is 18.4 Å². The molecule has 2 aromatic rings. The third kappa shape index (κ3) is 1.29. The van der Waals surface area contributed by atoms with Crippen molar-refractivity contribution in [2.45, 2.75) is 33.1 Å². The molecule has 14 heavy (non-hydrogen) atoms. The quantitative estimate of drug-likeness (QED) is 0.639. The predicted molar refractivity (Wildman–Crippen MR) is 56.4 cm³/mol. The van der Waals surface area contributed by atoms with Crippen LogP contribution in [0.3, 0.4) is 0 Å². The van der Waals surface area contributed by atoms with E-state index >= 15 is 0 Å². The van der Waals surface area contributed by atoms with Crippen molar-refractivity contribution in [3.8, 4) is 0 Å². The summed E-state index contributed by atoms with van der Waals surface area (Å²) in [5.74, 6) is 0. The second kappa shape index (κ2) is 2.80. The third-order valence-electron chi connectivity index (χ3n) is 2.22. The van der Waals surface area contributed by atoms with E-state index in [0.717, 1.165) is 11.3 Å². The average Bonchev–Trinajstić information content (AvgIpc) is 2.40. The van der Waals surface area contributed by atoms with Crippen molar-refractivity contribution >= 4 is 5.65 Å². The molecule has 2 heterocycles. The van der Waals surface area contributed by atoms with Gasteiger partial charge in [0.1, 0.15) is 0 Å². The molecule has 0 unspecified atom stereocenters. The smallest absolute Gasteiger partial charge is 0.158 e. The lowest BCUT2D eigenvalue weighted by Gasteiger charge is -2.17. The fraction of sp³-hybridized carbons (Fsp3) is 0.455. The largest absolute Gasteiger partial charge is 0.237 e. The van der Waals surface area contributed by atoms with Gasteiger partial charge in [0, 0.05) is 17.9 Å². The first-order valence-corrected chi connectivity index (χ1v) is 4.64. The van der Waals surface area contributed by atoms with Crippen molar-refractivity contribution in [2.75, 3.05) is 0 Å². The normalized spacial score (nSPS) is 14.3. The molecule has 2 rings (SSSR count). The van der Waals surface area contributed by atoms with Gasteiger partial charge in [0.15, 0.2) is 5.65 Å². The van der Waals surface area contributed by atoms with E-state index in [1.54, 1.807) is 4.52 Å². The molecule has 2 aromatic heterocycles. The maximum atomic E-state index is 7.57. The minimum atomic E-state index is -0.0607. The van der Waals surface area contributed by atoms with Crippen molar-refractivity contribution in [3.05, 3.63) is 29.7 Å². The molecule has 0 aliphatic heterocycles. The number of fused-ring (bicyclic) bond motifs is 1. The Bertz CT molecular complexity index is 552. The number of aryl methyl sites for hydroxylation is 1. The van der Waals surface area contributed by atoms with Crippen LogP contribution in [0, 0.1) is 6.92 Å². The second-order valence-corrected chi connectivity index (χ2v) is 4.48. The molecule has 74 valence electrons. The van der Waals surface area contributed by atoms with Gasteiger partial charge in [-0.1, -0.05) is 20.8 Å². The van der Waals surface area contributed by atoms with E-state index < -0.39 is 0 Å². The summed E-state index contributed by atoms with van der Waals surface area (Å²) in [6.07, 6.45) is 1.53. The Balaban J connectivity index is 2.84. The highest BCUT2D eigenvalue weighted by Crippen LogP contribution is 2.27. The van der Waals surface area contributed by atoms with Crippen molar-refractivity contribution in [2.24, 2.45) is 0 Å². The van der Waals surface area contributed by atoms with E-state index in [1.165, 1.54) is 6.20 Å². The molecule has 3 heteroatoms. The van der Waals surface area contributed by atoms with Gasteiger partial charge in [0.05, 0.1) is 8.44 Å². The van der Waals surface area contributed by atoms with Gasteiger partial charge < -0.3 is 0 Å². The molecular weight excluding hydrogens is 174 g/mol. The van der Waals surface area contributed by atoms with Crippen LogP contribution < -0.4 is 0 Å². The number of aromatic nitrogens is 3. The zero-order chi connectivity index (χ0) is 12.1. The summed E-state index contributed by atoms with van der Waals surface area (Å²) in [6, 6.07) is 0.0930. The highest BCUT2D eigenvalue weighted by atomic mass is 15.2. The van der Waals surface area contributed by atoms with Crippen molar-refractivity contribution in [3.63, 3.8) is 0 Å². The number of hydrogen-bond acceptors (Lipinski definition) is 2. The monoisotopic (exact) mass is 191 g/mol. The van der Waals surface area contributed by atoms with Crippen molar-refractivity contribution < 1.29 is 2.74 Å². The van der Waals surface area contributed by atoms with E-state index in [1.807, 2.05) is 6.92 Å². The Morgan fingerprint density at radius 1 is 1.43 bits per heavy atom. The molecule has 0 aliphatic rings. The van der Waals surface area contributed by atoms with Crippen LogP contribution in [0.25, 0.3) is 5.65 Å². The first-order valence-electron chi connectivity index (χ1n) is 5.64. The van der Waals surface area contributed by atoms with E-state index in [-0.39, 0.29) is 17.6 Å². The molecule has 0 amide bonds. The number of hydrogen-bond donors (Lipinski definition) is 0. The topological polar surface area (TPSA) is 30.2 Å². The molecule has 0 bridgehead atoms. The summed E-state index contributed by atoms with van der Waals surface area (Å²) >= 11 is 0. The molecular formula is C11H15N3. The zero-order valence-electron chi connectivity index (χ0n) is 10.9. The summed E-state index contributed by atoms with van der Waals surface area (Å²) in [5.41, 5.74) is 2.58. The van der Waals surface area contributed by atoms with Crippen molar-refractivity contribution in [1.29, 1.82) is 0 Å². The predicted octanol–water partition coefficient (Wildman–Crippen LogP) is 2.34. The summed E-state index contributed by atoms with van der Waals surface area (Å²) in [6.45, 7) is 8.22. The van der Waals surface area contributed by atoms with Crippen LogP contribution >= 0.6 is 0 Å². The van der Waals surface area contributed by atoms with Crippen molar-refractivity contribution in [1.82, 2.24) is 14.6 Å². The van der Waals surface area contributed by atoms with Gasteiger partial charge in [-0.2, -0.15) is 5.10 Å². The first kappa shape index (κ1) is 6.98. The molecule has 0 aliphatic carbocycles. The number of rotatable bonds is 0. The maximum absolute atomic E-state index is 7.57. The Kier molecular flexibility index (Phi) is 1.40. The fourth-order valence-electron chi connectivity index (χ4n) is 1.79. The van der Waals surface area contributed by atoms with Gasteiger partial charge >= 0.3 is 0 Å². The molecule has 0 N–H and O–H groups in total. The van der Waals surface area contributed by atoms with Gasteiger partial charge in [-0.05, 0) is 18.4 Å². The summed E-state index contributed by atoms with van der Waals surface area (Å²) in [7, 11) is 0. The minimum absolute atomic E-state index is 0.00194. The number of nitrogens with zero attached hydrogens (tertiary/aromatic N) is 3. The van der Waals surface area contributed by atoms with Crippen LogP contribution in [0.1, 0.15) is 34.8 Å². The molecule has 3 nitrogen and oxygen atoms in total. The van der Waals surface area contributed by atoms with Crippen LogP contribution in [0.5, 0.6) is 0 Å². The van der Waals surface area contributed by atoms with Crippen LogP contribution in [-0.2, 0) is 5.41 Å². The highest BCUT2D eigenvalue weighted by molar-refractivity contribution is 5.53. The Labute approximate surface area is 86.6 Å². The van der Waals surface area contributed by atoms with Gasteiger partial charge in [0.2, 0.25) is 0 Å². The SMILES string of the molecule is [2H]c1cn2nc(C)c(C(C)(C)C)c2nc1[2H]. The van der Waals surface area contributed by atoms with E-state index in [9.17, 15) is 0 Å². The van der Waals surface area contributed by atoms with E-state index in [0.29, 0.717) is 5.65 Å². The van der Waals surface area contributed by atoms with Gasteiger partial charge in [-0.25, -0.2) is 9.50 Å². The lowest BCUT2D eigenvalue weighted by molar-refractivity contribution is 0.590. The lowest BCUT2D eigenvalue weighted by atomic mass is 9.87. The van der Waals surface area contributed by atoms with Crippen LogP contribution in [0.2, 0.25) is 0 Å². The highest BCUT2D eigenvalue weighted by Gasteiger charge is 2.22. The average molecular weight is 191 g/mol. The maximum Gasteiger partial charge on any atom is 0.158 e. The Hall–Kier alpha value is -1.38. The molecule has 0 aromatic carbocycles. The molecule has 0 fully saturated rings. The Morgan fingerprint density at radius 2 is 2.14 bits per heavy atom. The van der Waals surface area contributed by atoms with Crippen LogP contribution in [0.4, 0.5) is 0 Å².